The molecule has 0 bridgehead atoms. The van der Waals surface area contributed by atoms with Gasteiger partial charge in [-0.25, -0.2) is 0 Å². The van der Waals surface area contributed by atoms with E-state index in [2.05, 4.69) is 19.2 Å². The molecule has 1 saturated heterocycles. The number of thioether (sulfide) groups is 1. The summed E-state index contributed by atoms with van der Waals surface area (Å²) in [7, 11) is 1.66. The lowest BCUT2D eigenvalue weighted by atomic mass is 10.1. The number of hydrogen-bond acceptors (Lipinski definition) is 4. The fourth-order valence-electron chi connectivity index (χ4n) is 2.65. The standard InChI is InChI=1S/C16H24N2O2S/c1-5-21-10-11(2)18-15(17-12(3)16(18)19)13-7-6-8-14(9-13)20-4/h6-9,11-12,15,17H,5,10H2,1-4H3. The third-order valence-electron chi connectivity index (χ3n) is 3.76. The summed E-state index contributed by atoms with van der Waals surface area (Å²) >= 11 is 1.86. The number of nitrogens with zero attached hydrogens (tertiary/aromatic N) is 1. The highest BCUT2D eigenvalue weighted by Crippen LogP contribution is 2.30. The molecule has 116 valence electrons. The molecule has 0 aliphatic carbocycles. The number of ether oxygens (including phenoxy) is 1. The molecule has 1 aromatic rings. The van der Waals surface area contributed by atoms with Crippen LogP contribution in [0.25, 0.3) is 0 Å². The van der Waals surface area contributed by atoms with Gasteiger partial charge in [-0.2, -0.15) is 11.8 Å². The maximum Gasteiger partial charge on any atom is 0.241 e. The van der Waals surface area contributed by atoms with Crippen LogP contribution in [0.4, 0.5) is 0 Å². The number of amides is 1. The van der Waals surface area contributed by atoms with Gasteiger partial charge in [0.1, 0.15) is 11.9 Å². The highest BCUT2D eigenvalue weighted by Gasteiger charge is 2.39. The summed E-state index contributed by atoms with van der Waals surface area (Å²) in [6.07, 6.45) is -0.0740. The molecule has 3 atom stereocenters. The zero-order valence-corrected chi connectivity index (χ0v) is 13.9. The van der Waals surface area contributed by atoms with E-state index in [1.165, 1.54) is 0 Å². The normalized spacial score (nSPS) is 23.4. The fraction of sp³-hybridized carbons (Fsp3) is 0.562. The molecule has 1 N–H and O–H groups in total. The van der Waals surface area contributed by atoms with Crippen LogP contribution in [0.3, 0.4) is 0 Å². The number of carbonyl (C=O) groups excluding carboxylic acids is 1. The predicted octanol–water partition coefficient (Wildman–Crippen LogP) is 2.66. The van der Waals surface area contributed by atoms with Crippen LogP contribution in [0.1, 0.15) is 32.5 Å². The van der Waals surface area contributed by atoms with Crippen molar-refractivity contribution < 1.29 is 9.53 Å². The monoisotopic (exact) mass is 308 g/mol. The molecule has 2 rings (SSSR count). The van der Waals surface area contributed by atoms with Gasteiger partial charge in [0, 0.05) is 11.8 Å². The van der Waals surface area contributed by atoms with Crippen LogP contribution in [0, 0.1) is 0 Å². The largest absolute Gasteiger partial charge is 0.497 e. The van der Waals surface area contributed by atoms with Gasteiger partial charge in [0.2, 0.25) is 5.91 Å². The molecule has 21 heavy (non-hydrogen) atoms. The van der Waals surface area contributed by atoms with Crippen LogP contribution in [-0.4, -0.2) is 41.5 Å². The summed E-state index contributed by atoms with van der Waals surface area (Å²) in [5.41, 5.74) is 1.07. The summed E-state index contributed by atoms with van der Waals surface area (Å²) < 4.78 is 5.29. The van der Waals surface area contributed by atoms with E-state index in [1.807, 2.05) is 47.9 Å². The molecule has 1 heterocycles. The van der Waals surface area contributed by atoms with E-state index in [1.54, 1.807) is 7.11 Å². The number of carbonyl (C=O) groups is 1. The van der Waals surface area contributed by atoms with E-state index in [9.17, 15) is 4.79 Å². The highest BCUT2D eigenvalue weighted by atomic mass is 32.2. The quantitative estimate of drug-likeness (QED) is 0.877. The van der Waals surface area contributed by atoms with E-state index in [4.69, 9.17) is 4.74 Å². The maximum absolute atomic E-state index is 12.5. The molecule has 5 heteroatoms. The summed E-state index contributed by atoms with van der Waals surface area (Å²) in [5.74, 6) is 3.01. The molecule has 1 aliphatic heterocycles. The lowest BCUT2D eigenvalue weighted by molar-refractivity contribution is -0.131. The van der Waals surface area contributed by atoms with Crippen LogP contribution in [0.2, 0.25) is 0 Å². The summed E-state index contributed by atoms with van der Waals surface area (Å²) in [6, 6.07) is 7.98. The minimum atomic E-state index is -0.143. The number of hydrogen-bond donors (Lipinski definition) is 1. The predicted molar refractivity (Wildman–Crippen MR) is 87.6 cm³/mol. The second-order valence-corrected chi connectivity index (χ2v) is 6.64. The molecular formula is C16H24N2O2S. The average Bonchev–Trinajstić information content (AvgIpc) is 2.80. The number of methoxy groups -OCH3 is 1. The molecular weight excluding hydrogens is 284 g/mol. The van der Waals surface area contributed by atoms with Gasteiger partial charge in [0.25, 0.3) is 0 Å². The van der Waals surface area contributed by atoms with Crippen LogP contribution in [0.5, 0.6) is 5.75 Å². The Morgan fingerprint density at radius 3 is 2.90 bits per heavy atom. The lowest BCUT2D eigenvalue weighted by Gasteiger charge is -2.30. The van der Waals surface area contributed by atoms with Crippen molar-refractivity contribution >= 4 is 17.7 Å². The number of benzene rings is 1. The first kappa shape index (κ1) is 16.2. The number of rotatable bonds is 6. The van der Waals surface area contributed by atoms with Crippen molar-refractivity contribution in [2.45, 2.75) is 39.0 Å². The Bertz CT molecular complexity index is 495. The van der Waals surface area contributed by atoms with E-state index in [0.29, 0.717) is 0 Å². The SMILES string of the molecule is CCSCC(C)N1C(=O)C(C)NC1c1cccc(OC)c1. The lowest BCUT2D eigenvalue weighted by Crippen LogP contribution is -2.39. The van der Waals surface area contributed by atoms with Crippen LogP contribution < -0.4 is 10.1 Å². The molecule has 1 amide bonds. The van der Waals surface area contributed by atoms with Crippen molar-refractivity contribution in [3.05, 3.63) is 29.8 Å². The van der Waals surface area contributed by atoms with E-state index < -0.39 is 0 Å². The molecule has 4 nitrogen and oxygen atoms in total. The van der Waals surface area contributed by atoms with Gasteiger partial charge >= 0.3 is 0 Å². The topological polar surface area (TPSA) is 41.6 Å². The first-order valence-corrected chi connectivity index (χ1v) is 8.53. The van der Waals surface area contributed by atoms with Gasteiger partial charge in [-0.15, -0.1) is 0 Å². The Morgan fingerprint density at radius 1 is 1.48 bits per heavy atom. The zero-order valence-electron chi connectivity index (χ0n) is 13.1. The Hall–Kier alpha value is -1.20. The second kappa shape index (κ2) is 7.18. The van der Waals surface area contributed by atoms with E-state index >= 15 is 0 Å². The van der Waals surface area contributed by atoms with Crippen LogP contribution in [-0.2, 0) is 4.79 Å². The van der Waals surface area contributed by atoms with Gasteiger partial charge in [-0.05, 0) is 37.3 Å². The van der Waals surface area contributed by atoms with Crippen molar-refractivity contribution in [1.82, 2.24) is 10.2 Å². The van der Waals surface area contributed by atoms with Gasteiger partial charge in [0.05, 0.1) is 13.2 Å². The van der Waals surface area contributed by atoms with Gasteiger partial charge in [0.15, 0.2) is 0 Å². The van der Waals surface area contributed by atoms with Crippen molar-refractivity contribution in [2.24, 2.45) is 0 Å². The highest BCUT2D eigenvalue weighted by molar-refractivity contribution is 7.99. The molecule has 1 aliphatic rings. The zero-order chi connectivity index (χ0) is 15.4. The van der Waals surface area contributed by atoms with Crippen molar-refractivity contribution in [3.63, 3.8) is 0 Å². The second-order valence-electron chi connectivity index (χ2n) is 5.32. The van der Waals surface area contributed by atoms with Gasteiger partial charge in [-0.3, -0.25) is 10.1 Å². The third-order valence-corrected chi connectivity index (χ3v) is 4.88. The van der Waals surface area contributed by atoms with Crippen LogP contribution in [0.15, 0.2) is 24.3 Å². The molecule has 1 aromatic carbocycles. The molecule has 0 aromatic heterocycles. The van der Waals surface area contributed by atoms with Gasteiger partial charge in [-0.1, -0.05) is 19.1 Å². The van der Waals surface area contributed by atoms with E-state index in [0.717, 1.165) is 22.8 Å². The van der Waals surface area contributed by atoms with E-state index in [-0.39, 0.29) is 24.2 Å². The summed E-state index contributed by atoms with van der Waals surface area (Å²) in [6.45, 7) is 6.19. The molecule has 0 spiro atoms. The van der Waals surface area contributed by atoms with Crippen molar-refractivity contribution in [3.8, 4) is 5.75 Å². The minimum Gasteiger partial charge on any atom is -0.497 e. The average molecular weight is 308 g/mol. The molecule has 0 radical (unpaired) electrons. The summed E-state index contributed by atoms with van der Waals surface area (Å²) in [5, 5.41) is 3.39. The fourth-order valence-corrected chi connectivity index (χ4v) is 3.39. The first-order chi connectivity index (χ1) is 10.1. The Labute approximate surface area is 131 Å². The van der Waals surface area contributed by atoms with Crippen molar-refractivity contribution in [2.75, 3.05) is 18.6 Å². The van der Waals surface area contributed by atoms with Crippen molar-refractivity contribution in [1.29, 1.82) is 0 Å². The third kappa shape index (κ3) is 3.52. The molecule has 0 saturated carbocycles. The summed E-state index contributed by atoms with van der Waals surface area (Å²) in [4.78, 5) is 14.4. The first-order valence-electron chi connectivity index (χ1n) is 7.38. The van der Waals surface area contributed by atoms with Crippen LogP contribution >= 0.6 is 11.8 Å². The Balaban J connectivity index is 2.24. The Morgan fingerprint density at radius 2 is 2.24 bits per heavy atom. The smallest absolute Gasteiger partial charge is 0.241 e. The number of nitrogens with one attached hydrogen (secondary N) is 1. The van der Waals surface area contributed by atoms with Gasteiger partial charge < -0.3 is 9.64 Å². The molecule has 3 unspecified atom stereocenters. The molecule has 1 fully saturated rings. The maximum atomic E-state index is 12.5. The minimum absolute atomic E-state index is 0.0740. The Kier molecular flexibility index (Phi) is 5.53.